The van der Waals surface area contributed by atoms with Crippen molar-refractivity contribution >= 4 is 0 Å². The summed E-state index contributed by atoms with van der Waals surface area (Å²) < 4.78 is 1.60. The zero-order chi connectivity index (χ0) is 14.5. The van der Waals surface area contributed by atoms with Gasteiger partial charge < -0.3 is 10.2 Å². The van der Waals surface area contributed by atoms with Crippen LogP contribution in [0.1, 0.15) is 30.9 Å². The number of hydrogen-bond acceptors (Lipinski definition) is 4. The lowest BCUT2D eigenvalue weighted by Crippen LogP contribution is -2.39. The first-order valence-corrected chi connectivity index (χ1v) is 7.06. The van der Waals surface area contributed by atoms with E-state index in [0.717, 1.165) is 19.3 Å². The van der Waals surface area contributed by atoms with Crippen LogP contribution in [-0.4, -0.2) is 33.0 Å². The Hall–Kier alpha value is -1.40. The summed E-state index contributed by atoms with van der Waals surface area (Å²) in [7, 11) is 0. The highest BCUT2D eigenvalue weighted by molar-refractivity contribution is 5.10. The zero-order valence-electron chi connectivity index (χ0n) is 11.5. The van der Waals surface area contributed by atoms with Crippen molar-refractivity contribution in [2.45, 2.75) is 32.2 Å². The number of nitrogens with one attached hydrogen (secondary N) is 1. The normalized spacial score (nSPS) is 30.9. The molecule has 2 aliphatic carbocycles. The smallest absolute Gasteiger partial charge is 0.328 e. The maximum atomic E-state index is 12.1. The van der Waals surface area contributed by atoms with Crippen molar-refractivity contribution in [1.82, 2.24) is 9.55 Å². The first-order chi connectivity index (χ1) is 9.52. The molecule has 6 nitrogen and oxygen atoms in total. The maximum Gasteiger partial charge on any atom is 0.328 e. The van der Waals surface area contributed by atoms with Crippen molar-refractivity contribution in [3.63, 3.8) is 0 Å². The van der Waals surface area contributed by atoms with E-state index in [1.807, 2.05) is 0 Å². The molecule has 20 heavy (non-hydrogen) atoms. The molecule has 2 fully saturated rings. The molecule has 2 bridgehead atoms. The molecule has 0 unspecified atom stereocenters. The number of fused-ring (bicyclic) bond motifs is 2. The summed E-state index contributed by atoms with van der Waals surface area (Å²) in [5.41, 5.74) is -0.729. The molecule has 0 aliphatic heterocycles. The second-order valence-corrected chi connectivity index (χ2v) is 6.30. The van der Waals surface area contributed by atoms with Gasteiger partial charge in [0.05, 0.1) is 13.2 Å². The second-order valence-electron chi connectivity index (χ2n) is 6.30. The van der Waals surface area contributed by atoms with Crippen LogP contribution in [0.15, 0.2) is 15.8 Å². The van der Waals surface area contributed by atoms with Gasteiger partial charge in [-0.3, -0.25) is 14.3 Å². The van der Waals surface area contributed by atoms with Crippen molar-refractivity contribution in [3.05, 3.63) is 32.6 Å². The van der Waals surface area contributed by atoms with Gasteiger partial charge in [-0.1, -0.05) is 0 Å². The monoisotopic (exact) mass is 280 g/mol. The average molecular weight is 280 g/mol. The van der Waals surface area contributed by atoms with Crippen molar-refractivity contribution in [3.8, 4) is 0 Å². The van der Waals surface area contributed by atoms with Crippen LogP contribution in [0.4, 0.5) is 0 Å². The molecular formula is C14H20N2O4. The predicted molar refractivity (Wildman–Crippen MR) is 72.5 cm³/mol. The number of hydrogen-bond donors (Lipinski definition) is 3. The third kappa shape index (κ3) is 1.71. The van der Waals surface area contributed by atoms with Crippen LogP contribution in [0.25, 0.3) is 0 Å². The molecule has 3 rings (SSSR count). The Morgan fingerprint density at radius 3 is 2.65 bits per heavy atom. The van der Waals surface area contributed by atoms with E-state index in [0.29, 0.717) is 5.56 Å². The average Bonchev–Trinajstić information content (AvgIpc) is 2.98. The van der Waals surface area contributed by atoms with Gasteiger partial charge in [0.25, 0.3) is 5.56 Å². The minimum Gasteiger partial charge on any atom is -0.396 e. The molecule has 0 radical (unpaired) electrons. The van der Waals surface area contributed by atoms with Crippen LogP contribution in [0.5, 0.6) is 0 Å². The first kappa shape index (κ1) is 13.6. The quantitative estimate of drug-likeness (QED) is 0.714. The summed E-state index contributed by atoms with van der Waals surface area (Å²) in [6, 6.07) is -0.0302. The molecule has 1 aromatic heterocycles. The summed E-state index contributed by atoms with van der Waals surface area (Å²) in [6.07, 6.45) is 4.25. The maximum absolute atomic E-state index is 12.1. The number of aliphatic hydroxyl groups excluding tert-OH is 2. The van der Waals surface area contributed by atoms with Gasteiger partial charge in [0.15, 0.2) is 0 Å². The summed E-state index contributed by atoms with van der Waals surface area (Å²) in [5, 5.41) is 19.3. The molecule has 0 saturated heterocycles. The summed E-state index contributed by atoms with van der Waals surface area (Å²) in [6.45, 7) is 1.56. The van der Waals surface area contributed by atoms with Crippen LogP contribution in [0.3, 0.4) is 0 Å². The number of aliphatic hydroxyl groups is 2. The van der Waals surface area contributed by atoms with Crippen molar-refractivity contribution in [2.24, 2.45) is 17.3 Å². The van der Waals surface area contributed by atoms with Gasteiger partial charge in [-0.25, -0.2) is 4.79 Å². The topological polar surface area (TPSA) is 95.3 Å². The molecule has 110 valence electrons. The molecule has 3 atom stereocenters. The molecule has 0 spiro atoms. The fraction of sp³-hybridized carbons (Fsp3) is 0.714. The fourth-order valence-corrected chi connectivity index (χ4v) is 4.27. The molecule has 2 aliphatic rings. The van der Waals surface area contributed by atoms with E-state index in [4.69, 9.17) is 0 Å². The molecular weight excluding hydrogens is 260 g/mol. The van der Waals surface area contributed by atoms with E-state index in [1.165, 1.54) is 0 Å². The predicted octanol–water partition coefficient (Wildman–Crippen LogP) is -0.213. The molecule has 0 aromatic carbocycles. The summed E-state index contributed by atoms with van der Waals surface area (Å²) in [5.74, 6) is 0.368. The van der Waals surface area contributed by atoms with E-state index >= 15 is 0 Å². The van der Waals surface area contributed by atoms with E-state index in [1.54, 1.807) is 17.7 Å². The van der Waals surface area contributed by atoms with E-state index < -0.39 is 11.1 Å². The highest BCUT2D eigenvalue weighted by Gasteiger charge is 2.57. The third-order valence-corrected chi connectivity index (χ3v) is 5.30. The van der Waals surface area contributed by atoms with Crippen LogP contribution >= 0.6 is 0 Å². The van der Waals surface area contributed by atoms with Crippen molar-refractivity contribution in [2.75, 3.05) is 13.2 Å². The highest BCUT2D eigenvalue weighted by atomic mass is 16.3. The fourth-order valence-electron chi connectivity index (χ4n) is 4.27. The molecule has 1 heterocycles. The van der Waals surface area contributed by atoms with E-state index in [2.05, 4.69) is 4.98 Å². The Kier molecular flexibility index (Phi) is 3.10. The van der Waals surface area contributed by atoms with Crippen LogP contribution in [-0.2, 0) is 0 Å². The third-order valence-electron chi connectivity index (χ3n) is 5.30. The standard InChI is InChI=1S/C14H20N2O4/c1-8-5-16(13(20)15-12(8)19)11-9-2-3-10(11)14(4-9,6-17)7-18/h5,9-11,17-18H,2-4,6-7H2,1H3,(H,15,19,20)/t9-,10-,11+/m1/s1. The highest BCUT2D eigenvalue weighted by Crippen LogP contribution is 2.60. The minimum absolute atomic E-state index is 0.0302. The van der Waals surface area contributed by atoms with Crippen molar-refractivity contribution in [1.29, 1.82) is 0 Å². The van der Waals surface area contributed by atoms with Crippen LogP contribution in [0, 0.1) is 24.2 Å². The molecule has 6 heteroatoms. The Morgan fingerprint density at radius 1 is 1.35 bits per heavy atom. The molecule has 0 amide bonds. The van der Waals surface area contributed by atoms with Crippen LogP contribution in [0.2, 0.25) is 0 Å². The molecule has 2 saturated carbocycles. The largest absolute Gasteiger partial charge is 0.396 e. The lowest BCUT2D eigenvalue weighted by Gasteiger charge is -2.34. The van der Waals surface area contributed by atoms with Gasteiger partial charge in [0, 0.05) is 23.2 Å². The van der Waals surface area contributed by atoms with Gasteiger partial charge in [-0.05, 0) is 38.0 Å². The SMILES string of the molecule is Cc1cn([C@H]2[C@@H]3CC[C@H]2C(CO)(CO)C3)c(=O)[nH]c1=O. The number of aromatic nitrogens is 2. The van der Waals surface area contributed by atoms with E-state index in [9.17, 15) is 19.8 Å². The van der Waals surface area contributed by atoms with Gasteiger partial charge in [-0.15, -0.1) is 0 Å². The Labute approximate surface area is 116 Å². The van der Waals surface area contributed by atoms with Gasteiger partial charge >= 0.3 is 5.69 Å². The number of aromatic amines is 1. The van der Waals surface area contributed by atoms with E-state index in [-0.39, 0.29) is 36.7 Å². The number of H-pyrrole nitrogens is 1. The lowest BCUT2D eigenvalue weighted by atomic mass is 9.74. The van der Waals surface area contributed by atoms with Gasteiger partial charge in [-0.2, -0.15) is 0 Å². The second kappa shape index (κ2) is 4.56. The Balaban J connectivity index is 2.07. The number of rotatable bonds is 3. The number of aryl methyl sites for hydroxylation is 1. The first-order valence-electron chi connectivity index (χ1n) is 7.06. The Bertz CT molecular complexity index is 629. The van der Waals surface area contributed by atoms with Crippen molar-refractivity contribution < 1.29 is 10.2 Å². The zero-order valence-corrected chi connectivity index (χ0v) is 11.5. The molecule has 3 N–H and O–H groups in total. The molecule has 1 aromatic rings. The van der Waals surface area contributed by atoms with Gasteiger partial charge in [0.1, 0.15) is 0 Å². The summed E-state index contributed by atoms with van der Waals surface area (Å²) in [4.78, 5) is 25.9. The van der Waals surface area contributed by atoms with Gasteiger partial charge in [0.2, 0.25) is 0 Å². The minimum atomic E-state index is -0.489. The van der Waals surface area contributed by atoms with Crippen LogP contribution < -0.4 is 11.2 Å². The lowest BCUT2D eigenvalue weighted by molar-refractivity contribution is 0.00434. The summed E-state index contributed by atoms with van der Waals surface area (Å²) >= 11 is 0. The number of nitrogens with zero attached hydrogens (tertiary/aromatic N) is 1. The Morgan fingerprint density at radius 2 is 2.05 bits per heavy atom.